The fourth-order valence-corrected chi connectivity index (χ4v) is 2.92. The van der Waals surface area contributed by atoms with Crippen molar-refractivity contribution in [3.05, 3.63) is 23.2 Å². The van der Waals surface area contributed by atoms with Crippen LogP contribution in [-0.4, -0.2) is 33.1 Å². The first-order chi connectivity index (χ1) is 9.58. The second-order valence-corrected chi connectivity index (χ2v) is 5.88. The van der Waals surface area contributed by atoms with Crippen LogP contribution in [0.1, 0.15) is 19.3 Å². The predicted octanol–water partition coefficient (Wildman–Crippen LogP) is 2.73. The Balaban J connectivity index is 1.95. The molecule has 1 saturated heterocycles. The number of halogens is 1. The summed E-state index contributed by atoms with van der Waals surface area (Å²) in [6, 6.07) is 5.57. The lowest BCUT2D eigenvalue weighted by atomic mass is 10.0. The molecule has 1 heterocycles. The van der Waals surface area contributed by atoms with Crippen LogP contribution in [0, 0.1) is 5.92 Å². The number of anilines is 2. The maximum absolute atomic E-state index is 12.1. The van der Waals surface area contributed by atoms with Gasteiger partial charge in [0.2, 0.25) is 5.91 Å². The van der Waals surface area contributed by atoms with Crippen molar-refractivity contribution in [3.8, 4) is 0 Å². The van der Waals surface area contributed by atoms with Gasteiger partial charge >= 0.3 is 0 Å². The van der Waals surface area contributed by atoms with Gasteiger partial charge < -0.3 is 15.5 Å². The molecular weight excluding hydrogens is 274 g/mol. The molecule has 0 aromatic heterocycles. The highest BCUT2D eigenvalue weighted by atomic mass is 35.5. The summed E-state index contributed by atoms with van der Waals surface area (Å²) in [5.41, 5.74) is 1.63. The quantitative estimate of drug-likeness (QED) is 0.878. The molecule has 4 nitrogen and oxygen atoms in total. The van der Waals surface area contributed by atoms with Gasteiger partial charge in [0.15, 0.2) is 0 Å². The zero-order valence-electron chi connectivity index (χ0n) is 12.1. The van der Waals surface area contributed by atoms with Crippen molar-refractivity contribution in [3.63, 3.8) is 0 Å². The van der Waals surface area contributed by atoms with E-state index in [1.807, 2.05) is 37.2 Å². The van der Waals surface area contributed by atoms with Crippen LogP contribution in [0.3, 0.4) is 0 Å². The van der Waals surface area contributed by atoms with Crippen LogP contribution in [0.4, 0.5) is 11.4 Å². The second-order valence-electron chi connectivity index (χ2n) is 5.48. The summed E-state index contributed by atoms with van der Waals surface area (Å²) >= 11 is 6.19. The Kier molecular flexibility index (Phi) is 5.26. The molecule has 5 heteroatoms. The van der Waals surface area contributed by atoms with E-state index in [-0.39, 0.29) is 5.91 Å². The Hall–Kier alpha value is -1.26. The van der Waals surface area contributed by atoms with E-state index in [1.165, 1.54) is 6.42 Å². The summed E-state index contributed by atoms with van der Waals surface area (Å²) in [6.45, 7) is 2.11. The monoisotopic (exact) mass is 295 g/mol. The fourth-order valence-electron chi connectivity index (χ4n) is 2.58. The molecule has 0 spiro atoms. The fraction of sp³-hybridized carbons (Fsp3) is 0.533. The first kappa shape index (κ1) is 15.1. The summed E-state index contributed by atoms with van der Waals surface area (Å²) < 4.78 is 0. The Morgan fingerprint density at radius 1 is 1.50 bits per heavy atom. The van der Waals surface area contributed by atoms with Gasteiger partial charge in [0.1, 0.15) is 0 Å². The van der Waals surface area contributed by atoms with Crippen LogP contribution < -0.4 is 15.5 Å². The van der Waals surface area contributed by atoms with Gasteiger partial charge in [0, 0.05) is 20.5 Å². The topological polar surface area (TPSA) is 44.4 Å². The largest absolute Gasteiger partial charge is 0.375 e. The van der Waals surface area contributed by atoms with Crippen molar-refractivity contribution in [1.29, 1.82) is 0 Å². The van der Waals surface area contributed by atoms with Gasteiger partial charge in [0.05, 0.1) is 16.4 Å². The SMILES string of the molecule is CN(C)c1c(Cl)cccc1NC(=O)CCC1CCNC1. The van der Waals surface area contributed by atoms with E-state index in [0.717, 1.165) is 30.9 Å². The summed E-state index contributed by atoms with van der Waals surface area (Å²) in [6.07, 6.45) is 2.68. The average molecular weight is 296 g/mol. The number of hydrogen-bond donors (Lipinski definition) is 2. The van der Waals surface area contributed by atoms with Crippen molar-refractivity contribution < 1.29 is 4.79 Å². The molecule has 1 aliphatic heterocycles. The summed E-state index contributed by atoms with van der Waals surface area (Å²) in [5, 5.41) is 6.94. The first-order valence-electron chi connectivity index (χ1n) is 7.04. The average Bonchev–Trinajstić information content (AvgIpc) is 2.89. The number of nitrogens with zero attached hydrogens (tertiary/aromatic N) is 1. The maximum atomic E-state index is 12.1. The van der Waals surface area contributed by atoms with Gasteiger partial charge in [-0.25, -0.2) is 0 Å². The van der Waals surface area contributed by atoms with Crippen molar-refractivity contribution in [2.24, 2.45) is 5.92 Å². The highest BCUT2D eigenvalue weighted by molar-refractivity contribution is 6.34. The van der Waals surface area contributed by atoms with E-state index in [9.17, 15) is 4.79 Å². The maximum Gasteiger partial charge on any atom is 0.224 e. The van der Waals surface area contributed by atoms with Crippen molar-refractivity contribution in [2.45, 2.75) is 19.3 Å². The molecule has 1 unspecified atom stereocenters. The van der Waals surface area contributed by atoms with Crippen molar-refractivity contribution >= 4 is 28.9 Å². The molecule has 20 heavy (non-hydrogen) atoms. The molecule has 1 aromatic carbocycles. The number of rotatable bonds is 5. The molecule has 2 N–H and O–H groups in total. The van der Waals surface area contributed by atoms with Crippen LogP contribution >= 0.6 is 11.6 Å². The smallest absolute Gasteiger partial charge is 0.224 e. The minimum atomic E-state index is 0.0577. The molecule has 1 amide bonds. The third-order valence-corrected chi connectivity index (χ3v) is 3.96. The third kappa shape index (κ3) is 3.87. The lowest BCUT2D eigenvalue weighted by molar-refractivity contribution is -0.116. The molecule has 1 atom stereocenters. The lowest BCUT2D eigenvalue weighted by Crippen LogP contribution is -2.18. The molecule has 110 valence electrons. The predicted molar refractivity (Wildman–Crippen MR) is 84.6 cm³/mol. The molecule has 0 bridgehead atoms. The summed E-state index contributed by atoms with van der Waals surface area (Å²) in [5.74, 6) is 0.690. The minimum Gasteiger partial charge on any atom is -0.375 e. The number of para-hydroxylation sites is 1. The van der Waals surface area contributed by atoms with Gasteiger partial charge in [0.25, 0.3) is 0 Å². The van der Waals surface area contributed by atoms with Gasteiger partial charge in [-0.2, -0.15) is 0 Å². The Morgan fingerprint density at radius 2 is 2.30 bits per heavy atom. The minimum absolute atomic E-state index is 0.0577. The van der Waals surface area contributed by atoms with E-state index < -0.39 is 0 Å². The first-order valence-corrected chi connectivity index (χ1v) is 7.42. The molecule has 0 saturated carbocycles. The Labute approximate surface area is 125 Å². The van der Waals surface area contributed by atoms with E-state index in [4.69, 9.17) is 11.6 Å². The number of amides is 1. The molecule has 1 fully saturated rings. The van der Waals surface area contributed by atoms with Crippen LogP contribution in [-0.2, 0) is 4.79 Å². The zero-order chi connectivity index (χ0) is 14.5. The van der Waals surface area contributed by atoms with Gasteiger partial charge in [-0.3, -0.25) is 4.79 Å². The number of hydrogen-bond acceptors (Lipinski definition) is 3. The Morgan fingerprint density at radius 3 is 2.95 bits per heavy atom. The van der Waals surface area contributed by atoms with E-state index in [1.54, 1.807) is 0 Å². The van der Waals surface area contributed by atoms with Crippen LogP contribution in [0.5, 0.6) is 0 Å². The van der Waals surface area contributed by atoms with Gasteiger partial charge in [-0.15, -0.1) is 0 Å². The van der Waals surface area contributed by atoms with Gasteiger partial charge in [-0.05, 0) is 44.0 Å². The van der Waals surface area contributed by atoms with Crippen LogP contribution in [0.25, 0.3) is 0 Å². The molecule has 1 aromatic rings. The Bertz CT molecular complexity index is 470. The van der Waals surface area contributed by atoms with Crippen molar-refractivity contribution in [2.75, 3.05) is 37.4 Å². The second kappa shape index (κ2) is 6.95. The number of benzene rings is 1. The molecular formula is C15H22ClN3O. The van der Waals surface area contributed by atoms with E-state index in [0.29, 0.717) is 17.4 Å². The number of carbonyl (C=O) groups excluding carboxylic acids is 1. The van der Waals surface area contributed by atoms with Crippen LogP contribution in [0.15, 0.2) is 18.2 Å². The van der Waals surface area contributed by atoms with E-state index >= 15 is 0 Å². The molecule has 0 radical (unpaired) electrons. The highest BCUT2D eigenvalue weighted by Gasteiger charge is 2.17. The molecule has 2 rings (SSSR count). The normalized spacial score (nSPS) is 18.1. The highest BCUT2D eigenvalue weighted by Crippen LogP contribution is 2.32. The van der Waals surface area contributed by atoms with E-state index in [2.05, 4.69) is 10.6 Å². The van der Waals surface area contributed by atoms with Crippen LogP contribution in [0.2, 0.25) is 5.02 Å². The molecule has 1 aliphatic rings. The molecule has 0 aliphatic carbocycles. The number of nitrogens with one attached hydrogen (secondary N) is 2. The lowest BCUT2D eigenvalue weighted by Gasteiger charge is -2.19. The number of carbonyl (C=O) groups is 1. The third-order valence-electron chi connectivity index (χ3n) is 3.65. The summed E-state index contributed by atoms with van der Waals surface area (Å²) in [7, 11) is 3.84. The standard InChI is InChI=1S/C15H22ClN3O/c1-19(2)15-12(16)4-3-5-13(15)18-14(20)7-6-11-8-9-17-10-11/h3-5,11,17H,6-10H2,1-2H3,(H,18,20). The zero-order valence-corrected chi connectivity index (χ0v) is 12.8. The van der Waals surface area contributed by atoms with Gasteiger partial charge in [-0.1, -0.05) is 17.7 Å². The van der Waals surface area contributed by atoms with Crippen molar-refractivity contribution in [1.82, 2.24) is 5.32 Å². The summed E-state index contributed by atoms with van der Waals surface area (Å²) in [4.78, 5) is 14.0.